The van der Waals surface area contributed by atoms with Crippen LogP contribution in [0.25, 0.3) is 0 Å². The summed E-state index contributed by atoms with van der Waals surface area (Å²) in [5.74, 6) is 0.619. The number of para-hydroxylation sites is 1. The van der Waals surface area contributed by atoms with Crippen LogP contribution < -0.4 is 9.46 Å². The standard InChI is InChI=1S/C13H13NO3S.C3H8O/c1-17-12-7-9-13(10-8-12)18(15,16)14-11-5-3-2-4-6-11;1-3(2)4/h2-10,14H,1H3;3-4H,1-2H3. The normalized spacial score (nSPS) is 10.6. The van der Waals surface area contributed by atoms with Crippen molar-refractivity contribution in [2.45, 2.75) is 24.8 Å². The summed E-state index contributed by atoms with van der Waals surface area (Å²) in [5.41, 5.74) is 0.535. The van der Waals surface area contributed by atoms with Gasteiger partial charge in [0.1, 0.15) is 5.75 Å². The number of ether oxygens (including phenoxy) is 1. The average Bonchev–Trinajstić information content (AvgIpc) is 2.47. The predicted octanol–water partition coefficient (Wildman–Crippen LogP) is 2.88. The summed E-state index contributed by atoms with van der Waals surface area (Å²) in [5, 5.41) is 8.06. The number of benzene rings is 2. The SMILES string of the molecule is CC(C)O.COc1ccc(S(=O)(=O)Nc2ccccc2)cc1. The van der Waals surface area contributed by atoms with Gasteiger partial charge in [0.05, 0.1) is 12.0 Å². The molecule has 0 unspecified atom stereocenters. The highest BCUT2D eigenvalue weighted by atomic mass is 32.2. The minimum atomic E-state index is -3.54. The van der Waals surface area contributed by atoms with Crippen LogP contribution in [0.4, 0.5) is 5.69 Å². The maximum atomic E-state index is 12.0. The van der Waals surface area contributed by atoms with Crippen LogP contribution >= 0.6 is 0 Å². The van der Waals surface area contributed by atoms with E-state index in [0.29, 0.717) is 11.4 Å². The van der Waals surface area contributed by atoms with Gasteiger partial charge in [0.15, 0.2) is 0 Å². The molecule has 22 heavy (non-hydrogen) atoms. The molecule has 0 radical (unpaired) electrons. The maximum absolute atomic E-state index is 12.0. The molecule has 0 saturated heterocycles. The van der Waals surface area contributed by atoms with Gasteiger partial charge in [-0.25, -0.2) is 8.42 Å². The molecule has 0 aromatic heterocycles. The first-order chi connectivity index (χ1) is 10.3. The van der Waals surface area contributed by atoms with Crippen LogP contribution in [0.1, 0.15) is 13.8 Å². The number of aliphatic hydroxyl groups is 1. The van der Waals surface area contributed by atoms with Crippen LogP contribution in [-0.2, 0) is 10.0 Å². The number of rotatable bonds is 4. The summed E-state index contributed by atoms with van der Waals surface area (Å²) in [6.07, 6.45) is -0.167. The fraction of sp³-hybridized carbons (Fsp3) is 0.250. The molecule has 120 valence electrons. The fourth-order valence-corrected chi connectivity index (χ4v) is 2.53. The van der Waals surface area contributed by atoms with Crippen LogP contribution in [0, 0.1) is 0 Å². The average molecular weight is 323 g/mol. The molecule has 0 fully saturated rings. The third-order valence-corrected chi connectivity index (χ3v) is 3.79. The minimum Gasteiger partial charge on any atom is -0.497 e. The monoisotopic (exact) mass is 323 g/mol. The van der Waals surface area contributed by atoms with Crippen LogP contribution in [0.5, 0.6) is 5.75 Å². The van der Waals surface area contributed by atoms with Crippen LogP contribution in [-0.4, -0.2) is 26.7 Å². The smallest absolute Gasteiger partial charge is 0.261 e. The molecule has 0 saturated carbocycles. The lowest BCUT2D eigenvalue weighted by molar-refractivity contribution is 0.216. The molecule has 0 aliphatic carbocycles. The van der Waals surface area contributed by atoms with Crippen molar-refractivity contribution in [3.8, 4) is 5.75 Å². The van der Waals surface area contributed by atoms with E-state index in [1.807, 2.05) is 6.07 Å². The second-order valence-electron chi connectivity index (χ2n) is 4.74. The van der Waals surface area contributed by atoms with Gasteiger partial charge in [-0.2, -0.15) is 0 Å². The van der Waals surface area contributed by atoms with E-state index in [-0.39, 0.29) is 11.0 Å². The molecule has 2 rings (SSSR count). The predicted molar refractivity (Wildman–Crippen MR) is 87.6 cm³/mol. The molecule has 0 aliphatic heterocycles. The van der Waals surface area contributed by atoms with Gasteiger partial charge in [0.25, 0.3) is 10.0 Å². The van der Waals surface area contributed by atoms with Gasteiger partial charge in [-0.3, -0.25) is 4.72 Å². The molecule has 2 N–H and O–H groups in total. The molecular weight excluding hydrogens is 302 g/mol. The Balaban J connectivity index is 0.000000541. The number of aliphatic hydroxyl groups excluding tert-OH is 1. The molecule has 0 heterocycles. The topological polar surface area (TPSA) is 75.6 Å². The minimum absolute atomic E-state index is 0.167. The number of hydrogen-bond donors (Lipinski definition) is 2. The van der Waals surface area contributed by atoms with Gasteiger partial charge in [-0.1, -0.05) is 18.2 Å². The number of sulfonamides is 1. The molecule has 0 amide bonds. The van der Waals surface area contributed by atoms with Gasteiger partial charge in [0.2, 0.25) is 0 Å². The van der Waals surface area contributed by atoms with E-state index in [1.54, 1.807) is 50.2 Å². The zero-order chi connectivity index (χ0) is 16.6. The van der Waals surface area contributed by atoms with E-state index in [2.05, 4.69) is 4.72 Å². The summed E-state index contributed by atoms with van der Waals surface area (Å²) >= 11 is 0. The van der Waals surface area contributed by atoms with Crippen molar-refractivity contribution in [1.29, 1.82) is 0 Å². The van der Waals surface area contributed by atoms with Crippen LogP contribution in [0.15, 0.2) is 59.5 Å². The second kappa shape index (κ2) is 8.41. The van der Waals surface area contributed by atoms with Crippen LogP contribution in [0.2, 0.25) is 0 Å². The molecular formula is C16H21NO4S. The van der Waals surface area contributed by atoms with Crippen molar-refractivity contribution in [2.75, 3.05) is 11.8 Å². The summed E-state index contributed by atoms with van der Waals surface area (Å²) in [4.78, 5) is 0.201. The Morgan fingerprint density at radius 2 is 1.50 bits per heavy atom. The second-order valence-corrected chi connectivity index (χ2v) is 6.42. The van der Waals surface area contributed by atoms with Gasteiger partial charge in [-0.05, 0) is 50.2 Å². The molecule has 0 spiro atoms. The Hall–Kier alpha value is -2.05. The zero-order valence-electron chi connectivity index (χ0n) is 12.9. The van der Waals surface area contributed by atoms with Gasteiger partial charge in [0, 0.05) is 11.8 Å². The summed E-state index contributed by atoms with van der Waals surface area (Å²) in [7, 11) is -2.01. The molecule has 2 aromatic carbocycles. The number of hydrogen-bond acceptors (Lipinski definition) is 4. The molecule has 5 nitrogen and oxygen atoms in total. The number of methoxy groups -OCH3 is 1. The Morgan fingerprint density at radius 3 is 1.95 bits per heavy atom. The van der Waals surface area contributed by atoms with Crippen LogP contribution in [0.3, 0.4) is 0 Å². The highest BCUT2D eigenvalue weighted by Crippen LogP contribution is 2.18. The molecule has 0 bridgehead atoms. The quantitative estimate of drug-likeness (QED) is 0.907. The summed E-state index contributed by atoms with van der Waals surface area (Å²) < 4.78 is 31.6. The van der Waals surface area contributed by atoms with Crippen molar-refractivity contribution < 1.29 is 18.3 Å². The summed E-state index contributed by atoms with van der Waals surface area (Å²) in [6.45, 7) is 3.44. The highest BCUT2D eigenvalue weighted by Gasteiger charge is 2.13. The highest BCUT2D eigenvalue weighted by molar-refractivity contribution is 7.92. The van der Waals surface area contributed by atoms with Crippen molar-refractivity contribution >= 4 is 15.7 Å². The van der Waals surface area contributed by atoms with Crippen molar-refractivity contribution in [3.63, 3.8) is 0 Å². The van der Waals surface area contributed by atoms with Gasteiger partial charge >= 0.3 is 0 Å². The van der Waals surface area contributed by atoms with Crippen molar-refractivity contribution in [1.82, 2.24) is 0 Å². The first-order valence-electron chi connectivity index (χ1n) is 6.75. The Labute approximate surface area is 131 Å². The lowest BCUT2D eigenvalue weighted by atomic mass is 10.3. The first-order valence-corrected chi connectivity index (χ1v) is 8.23. The zero-order valence-corrected chi connectivity index (χ0v) is 13.7. The number of nitrogens with one attached hydrogen (secondary N) is 1. The maximum Gasteiger partial charge on any atom is 0.261 e. The Kier molecular flexibility index (Phi) is 6.88. The van der Waals surface area contributed by atoms with E-state index in [1.165, 1.54) is 19.2 Å². The van der Waals surface area contributed by atoms with Gasteiger partial charge < -0.3 is 9.84 Å². The largest absolute Gasteiger partial charge is 0.497 e. The Bertz CT molecular complexity index is 650. The first kappa shape index (κ1) is 18.0. The molecule has 2 aromatic rings. The third-order valence-electron chi connectivity index (χ3n) is 2.40. The lowest BCUT2D eigenvalue weighted by Gasteiger charge is -2.08. The molecule has 6 heteroatoms. The Morgan fingerprint density at radius 1 is 1.00 bits per heavy atom. The van der Waals surface area contributed by atoms with E-state index >= 15 is 0 Å². The molecule has 0 aliphatic rings. The lowest BCUT2D eigenvalue weighted by Crippen LogP contribution is -2.12. The van der Waals surface area contributed by atoms with E-state index in [0.717, 1.165) is 0 Å². The van der Waals surface area contributed by atoms with Gasteiger partial charge in [-0.15, -0.1) is 0 Å². The summed E-state index contributed by atoms with van der Waals surface area (Å²) in [6, 6.07) is 15.0. The van der Waals surface area contributed by atoms with E-state index in [9.17, 15) is 8.42 Å². The van der Waals surface area contributed by atoms with Crippen molar-refractivity contribution in [3.05, 3.63) is 54.6 Å². The van der Waals surface area contributed by atoms with E-state index in [4.69, 9.17) is 9.84 Å². The van der Waals surface area contributed by atoms with E-state index < -0.39 is 10.0 Å². The fourth-order valence-electron chi connectivity index (χ4n) is 1.48. The van der Waals surface area contributed by atoms with Crippen molar-refractivity contribution in [2.24, 2.45) is 0 Å². The molecule has 0 atom stereocenters. The third kappa shape index (κ3) is 6.15. The number of anilines is 1.